The second-order valence-electron chi connectivity index (χ2n) is 9.62. The summed E-state index contributed by atoms with van der Waals surface area (Å²) >= 11 is 0. The van der Waals surface area contributed by atoms with E-state index in [0.29, 0.717) is 29.8 Å². The van der Waals surface area contributed by atoms with E-state index in [4.69, 9.17) is 0 Å². The van der Waals surface area contributed by atoms with Crippen LogP contribution in [0.2, 0.25) is 0 Å². The van der Waals surface area contributed by atoms with Gasteiger partial charge >= 0.3 is 0 Å². The number of hydrogen-bond acceptors (Lipinski definition) is 2. The molecule has 0 spiro atoms. The van der Waals surface area contributed by atoms with Gasteiger partial charge in [-0.2, -0.15) is 4.31 Å². The topological polar surface area (TPSA) is 37.4 Å². The van der Waals surface area contributed by atoms with Gasteiger partial charge in [-0.05, 0) is 84.5 Å². The Balaban J connectivity index is 1.48. The monoisotopic (exact) mass is 453 g/mol. The Morgan fingerprint density at radius 2 is 1.64 bits per heavy atom. The van der Waals surface area contributed by atoms with Crippen molar-refractivity contribution in [2.45, 2.75) is 56.5 Å². The standard InChI is InChI=1S/C29H27NO2S/c1-20-7-14-25(15-8-20)33(31,32)30-18-24-17-27(22-5-3-2-4-6-22)29(23-12-13-23)26(28(24)19-30)16-11-21-9-10-21/h2-8,14-15,17,21,23H,9-10,12-13,18-19H2,1H3. The van der Waals surface area contributed by atoms with Crippen LogP contribution in [0.1, 0.15) is 59.4 Å². The molecule has 4 heteroatoms. The molecule has 0 bridgehead atoms. The van der Waals surface area contributed by atoms with Gasteiger partial charge in [0.2, 0.25) is 10.0 Å². The van der Waals surface area contributed by atoms with Crippen LogP contribution < -0.4 is 0 Å². The molecule has 3 aliphatic rings. The predicted octanol–water partition coefficient (Wildman–Crippen LogP) is 6.01. The smallest absolute Gasteiger partial charge is 0.207 e. The number of hydrogen-bond donors (Lipinski definition) is 0. The zero-order valence-electron chi connectivity index (χ0n) is 18.8. The van der Waals surface area contributed by atoms with Crippen molar-refractivity contribution in [2.75, 3.05) is 0 Å². The Bertz CT molecular complexity index is 1390. The molecule has 3 nitrogen and oxygen atoms in total. The summed E-state index contributed by atoms with van der Waals surface area (Å²) in [5.74, 6) is 8.06. The van der Waals surface area contributed by atoms with E-state index in [1.165, 1.54) is 42.4 Å². The maximum absolute atomic E-state index is 13.5. The first-order valence-corrected chi connectivity index (χ1v) is 13.3. The van der Waals surface area contributed by atoms with E-state index in [2.05, 4.69) is 42.2 Å². The third-order valence-electron chi connectivity index (χ3n) is 6.96. The zero-order chi connectivity index (χ0) is 22.6. The minimum absolute atomic E-state index is 0.359. The van der Waals surface area contributed by atoms with E-state index in [0.717, 1.165) is 22.3 Å². The van der Waals surface area contributed by atoms with Crippen LogP contribution in [-0.2, 0) is 23.1 Å². The van der Waals surface area contributed by atoms with Crippen LogP contribution in [0, 0.1) is 24.7 Å². The molecule has 2 fully saturated rings. The van der Waals surface area contributed by atoms with Crippen LogP contribution >= 0.6 is 0 Å². The zero-order valence-corrected chi connectivity index (χ0v) is 19.7. The summed E-state index contributed by atoms with van der Waals surface area (Å²) < 4.78 is 28.6. The molecule has 6 rings (SSSR count). The number of rotatable bonds is 4. The van der Waals surface area contributed by atoms with Gasteiger partial charge in [0.25, 0.3) is 0 Å². The lowest BCUT2D eigenvalue weighted by Gasteiger charge is -2.16. The van der Waals surface area contributed by atoms with Gasteiger partial charge in [0.05, 0.1) is 4.90 Å². The minimum Gasteiger partial charge on any atom is -0.207 e. The number of nitrogens with zero attached hydrogens (tertiary/aromatic N) is 1. The van der Waals surface area contributed by atoms with Gasteiger partial charge in [-0.3, -0.25) is 0 Å². The third-order valence-corrected chi connectivity index (χ3v) is 8.76. The third kappa shape index (κ3) is 3.90. The largest absolute Gasteiger partial charge is 0.243 e. The van der Waals surface area contributed by atoms with Crippen LogP contribution in [0.3, 0.4) is 0 Å². The highest BCUT2D eigenvalue weighted by Crippen LogP contribution is 2.49. The average Bonchev–Trinajstić information content (AvgIpc) is 3.76. The van der Waals surface area contributed by atoms with Crippen molar-refractivity contribution in [1.29, 1.82) is 0 Å². The molecule has 2 saturated carbocycles. The van der Waals surface area contributed by atoms with E-state index in [-0.39, 0.29) is 0 Å². The highest BCUT2D eigenvalue weighted by atomic mass is 32.2. The number of sulfonamides is 1. The van der Waals surface area contributed by atoms with E-state index in [1.807, 2.05) is 25.1 Å². The molecule has 0 radical (unpaired) electrons. The molecule has 33 heavy (non-hydrogen) atoms. The molecule has 1 aliphatic heterocycles. The average molecular weight is 454 g/mol. The highest BCUT2D eigenvalue weighted by Gasteiger charge is 2.37. The van der Waals surface area contributed by atoms with E-state index in [9.17, 15) is 8.42 Å². The van der Waals surface area contributed by atoms with Crippen LogP contribution in [0.5, 0.6) is 0 Å². The van der Waals surface area contributed by atoms with E-state index < -0.39 is 10.0 Å². The molecular weight excluding hydrogens is 426 g/mol. The van der Waals surface area contributed by atoms with Crippen molar-refractivity contribution in [3.05, 3.63) is 88.5 Å². The molecular formula is C29H27NO2S. The van der Waals surface area contributed by atoms with Crippen LogP contribution in [0.4, 0.5) is 0 Å². The second kappa shape index (κ2) is 7.87. The Hall–Kier alpha value is -2.87. The summed E-state index contributed by atoms with van der Waals surface area (Å²) in [6, 6.07) is 19.9. The first-order valence-electron chi connectivity index (χ1n) is 11.8. The summed E-state index contributed by atoms with van der Waals surface area (Å²) in [5, 5.41) is 0. The quantitative estimate of drug-likeness (QED) is 0.454. The minimum atomic E-state index is -3.57. The Morgan fingerprint density at radius 3 is 2.30 bits per heavy atom. The fourth-order valence-electron chi connectivity index (χ4n) is 4.77. The maximum Gasteiger partial charge on any atom is 0.243 e. The van der Waals surface area contributed by atoms with Gasteiger partial charge in [0.1, 0.15) is 0 Å². The van der Waals surface area contributed by atoms with Gasteiger partial charge in [-0.15, -0.1) is 0 Å². The highest BCUT2D eigenvalue weighted by molar-refractivity contribution is 7.89. The fraction of sp³-hybridized carbons (Fsp3) is 0.310. The van der Waals surface area contributed by atoms with Crippen molar-refractivity contribution in [2.24, 2.45) is 5.92 Å². The van der Waals surface area contributed by atoms with Crippen molar-refractivity contribution in [3.63, 3.8) is 0 Å². The molecule has 2 aliphatic carbocycles. The van der Waals surface area contributed by atoms with Crippen molar-refractivity contribution in [1.82, 2.24) is 4.31 Å². The van der Waals surface area contributed by atoms with Crippen LogP contribution in [0.25, 0.3) is 11.1 Å². The van der Waals surface area contributed by atoms with Crippen molar-refractivity contribution in [3.8, 4) is 23.0 Å². The normalized spacial score (nSPS) is 18.0. The van der Waals surface area contributed by atoms with Gasteiger partial charge in [-0.25, -0.2) is 8.42 Å². The SMILES string of the molecule is Cc1ccc(S(=O)(=O)N2Cc3cc(-c4ccccc4)c(C4CC4)c(C#CC4CC4)c3C2)cc1. The van der Waals surface area contributed by atoms with Crippen LogP contribution in [-0.4, -0.2) is 12.7 Å². The Morgan fingerprint density at radius 1 is 0.909 bits per heavy atom. The molecule has 0 saturated heterocycles. The van der Waals surface area contributed by atoms with Crippen molar-refractivity contribution >= 4 is 10.0 Å². The number of benzene rings is 3. The van der Waals surface area contributed by atoms with Gasteiger partial charge in [0.15, 0.2) is 0 Å². The lowest BCUT2D eigenvalue weighted by Crippen LogP contribution is -2.25. The molecule has 1 heterocycles. The van der Waals surface area contributed by atoms with E-state index in [1.54, 1.807) is 16.4 Å². The van der Waals surface area contributed by atoms with Gasteiger partial charge in [0, 0.05) is 24.6 Å². The second-order valence-corrected chi connectivity index (χ2v) is 11.6. The molecule has 0 aromatic heterocycles. The Labute approximate surface area is 196 Å². The summed E-state index contributed by atoms with van der Waals surface area (Å²) in [6.45, 7) is 2.76. The Kier molecular flexibility index (Phi) is 4.94. The van der Waals surface area contributed by atoms with Gasteiger partial charge < -0.3 is 0 Å². The molecule has 0 amide bonds. The molecule has 0 unspecified atom stereocenters. The summed E-state index contributed by atoms with van der Waals surface area (Å²) in [5.41, 5.74) is 8.11. The van der Waals surface area contributed by atoms with E-state index >= 15 is 0 Å². The van der Waals surface area contributed by atoms with Gasteiger partial charge in [-0.1, -0.05) is 59.9 Å². The molecule has 3 aromatic carbocycles. The summed E-state index contributed by atoms with van der Waals surface area (Å²) in [4.78, 5) is 0.359. The molecule has 0 atom stereocenters. The molecule has 166 valence electrons. The van der Waals surface area contributed by atoms with Crippen LogP contribution in [0.15, 0.2) is 65.6 Å². The predicted molar refractivity (Wildman–Crippen MR) is 131 cm³/mol. The molecule has 0 N–H and O–H groups in total. The summed E-state index contributed by atoms with van der Waals surface area (Å²) in [7, 11) is -3.57. The first-order chi connectivity index (χ1) is 16.0. The maximum atomic E-state index is 13.5. The first kappa shape index (κ1) is 20.7. The molecule has 3 aromatic rings. The fourth-order valence-corrected chi connectivity index (χ4v) is 6.15. The lowest BCUT2D eigenvalue weighted by atomic mass is 9.87. The van der Waals surface area contributed by atoms with Crippen molar-refractivity contribution < 1.29 is 8.42 Å². The lowest BCUT2D eigenvalue weighted by molar-refractivity contribution is 0.431. The number of fused-ring (bicyclic) bond motifs is 1. The number of aryl methyl sites for hydroxylation is 1. The summed E-state index contributed by atoms with van der Waals surface area (Å²) in [6.07, 6.45) is 4.73.